The molecule has 0 aliphatic carbocycles. The fraction of sp³-hybridized carbons (Fsp3) is 0.381. The molecule has 5 heteroatoms. The summed E-state index contributed by atoms with van der Waals surface area (Å²) in [6.07, 6.45) is 1.90. The average molecular weight is 368 g/mol. The largest absolute Gasteiger partial charge is 0.398 e. The maximum atomic E-state index is 13.0. The Morgan fingerprint density at radius 3 is 2.58 bits per heavy atom. The van der Waals surface area contributed by atoms with E-state index >= 15 is 0 Å². The summed E-state index contributed by atoms with van der Waals surface area (Å²) in [5.74, 6) is 2.50. The quantitative estimate of drug-likeness (QED) is 0.845. The number of anilines is 2. The number of rotatable bonds is 3. The molecule has 0 unspecified atom stereocenters. The molecule has 0 aromatic heterocycles. The molecule has 0 spiro atoms. The molecule has 26 heavy (non-hydrogen) atoms. The molecule has 0 radical (unpaired) electrons. The topological polar surface area (TPSA) is 49.6 Å². The number of fused-ring (bicyclic) bond motifs is 1. The Morgan fingerprint density at radius 2 is 1.81 bits per heavy atom. The molecule has 2 aromatic carbocycles. The van der Waals surface area contributed by atoms with Crippen LogP contribution in [0.5, 0.6) is 0 Å². The third kappa shape index (κ3) is 3.60. The SMILES string of the molecule is Nc1cccc2c1CCCN2C(=O)c1ccc(CN2CCSCC2)cc1. The predicted octanol–water partition coefficient (Wildman–Crippen LogP) is 3.41. The van der Waals surface area contributed by atoms with Crippen molar-refractivity contribution in [2.75, 3.05) is 41.8 Å². The van der Waals surface area contributed by atoms with E-state index in [0.29, 0.717) is 0 Å². The maximum Gasteiger partial charge on any atom is 0.258 e. The van der Waals surface area contributed by atoms with E-state index in [0.717, 1.165) is 61.5 Å². The van der Waals surface area contributed by atoms with Gasteiger partial charge in [0.1, 0.15) is 0 Å². The Kier molecular flexibility index (Phi) is 5.18. The minimum absolute atomic E-state index is 0.0671. The van der Waals surface area contributed by atoms with E-state index < -0.39 is 0 Å². The van der Waals surface area contributed by atoms with Crippen molar-refractivity contribution >= 4 is 29.0 Å². The molecule has 136 valence electrons. The molecular formula is C21H25N3OS. The van der Waals surface area contributed by atoms with Gasteiger partial charge in [0.05, 0.1) is 0 Å². The third-order valence-corrected chi connectivity index (χ3v) is 6.19. The van der Waals surface area contributed by atoms with Gasteiger partial charge in [0.2, 0.25) is 0 Å². The highest BCUT2D eigenvalue weighted by atomic mass is 32.2. The predicted molar refractivity (Wildman–Crippen MR) is 110 cm³/mol. The third-order valence-electron chi connectivity index (χ3n) is 5.24. The van der Waals surface area contributed by atoms with Gasteiger partial charge in [-0.25, -0.2) is 0 Å². The Balaban J connectivity index is 1.50. The van der Waals surface area contributed by atoms with Crippen molar-refractivity contribution in [2.24, 2.45) is 0 Å². The van der Waals surface area contributed by atoms with Gasteiger partial charge in [0, 0.05) is 54.6 Å². The van der Waals surface area contributed by atoms with Gasteiger partial charge in [-0.2, -0.15) is 11.8 Å². The van der Waals surface area contributed by atoms with Crippen LogP contribution in [0.15, 0.2) is 42.5 Å². The number of nitrogens with two attached hydrogens (primary N) is 1. The summed E-state index contributed by atoms with van der Waals surface area (Å²) < 4.78 is 0. The molecule has 4 nitrogen and oxygen atoms in total. The second-order valence-electron chi connectivity index (χ2n) is 6.99. The molecular weight excluding hydrogens is 342 g/mol. The molecule has 0 bridgehead atoms. The Hall–Kier alpha value is -1.98. The number of nitrogens with zero attached hydrogens (tertiary/aromatic N) is 2. The number of hydrogen-bond acceptors (Lipinski definition) is 4. The van der Waals surface area contributed by atoms with Gasteiger partial charge in [-0.05, 0) is 48.2 Å². The molecule has 1 amide bonds. The summed E-state index contributed by atoms with van der Waals surface area (Å²) in [7, 11) is 0. The lowest BCUT2D eigenvalue weighted by atomic mass is 9.99. The number of amides is 1. The van der Waals surface area contributed by atoms with E-state index in [2.05, 4.69) is 17.0 Å². The first-order chi connectivity index (χ1) is 12.7. The molecule has 4 rings (SSSR count). The zero-order valence-electron chi connectivity index (χ0n) is 15.0. The number of thioether (sulfide) groups is 1. The molecule has 2 aliphatic heterocycles. The highest BCUT2D eigenvalue weighted by Gasteiger charge is 2.24. The lowest BCUT2D eigenvalue weighted by molar-refractivity contribution is 0.0985. The zero-order chi connectivity index (χ0) is 17.9. The van der Waals surface area contributed by atoms with Crippen LogP contribution in [-0.4, -0.2) is 41.9 Å². The molecule has 2 heterocycles. The van der Waals surface area contributed by atoms with Crippen molar-refractivity contribution in [3.8, 4) is 0 Å². The summed E-state index contributed by atoms with van der Waals surface area (Å²) in [6, 6.07) is 14.0. The van der Waals surface area contributed by atoms with E-state index in [4.69, 9.17) is 5.73 Å². The van der Waals surface area contributed by atoms with Crippen LogP contribution in [0.4, 0.5) is 11.4 Å². The molecule has 1 fully saturated rings. The van der Waals surface area contributed by atoms with E-state index in [-0.39, 0.29) is 5.91 Å². The number of carbonyl (C=O) groups excluding carboxylic acids is 1. The molecule has 0 atom stereocenters. The number of benzene rings is 2. The number of carbonyl (C=O) groups is 1. The fourth-order valence-electron chi connectivity index (χ4n) is 3.79. The van der Waals surface area contributed by atoms with Crippen LogP contribution in [0, 0.1) is 0 Å². The normalized spacial score (nSPS) is 17.8. The van der Waals surface area contributed by atoms with Gasteiger partial charge >= 0.3 is 0 Å². The minimum atomic E-state index is 0.0671. The summed E-state index contributed by atoms with van der Waals surface area (Å²) in [6.45, 7) is 4.02. The first kappa shape index (κ1) is 17.4. The van der Waals surface area contributed by atoms with Crippen LogP contribution in [0.1, 0.15) is 27.9 Å². The van der Waals surface area contributed by atoms with Crippen molar-refractivity contribution in [1.29, 1.82) is 0 Å². The average Bonchev–Trinajstić information content (AvgIpc) is 2.69. The van der Waals surface area contributed by atoms with Gasteiger partial charge in [0.15, 0.2) is 0 Å². The van der Waals surface area contributed by atoms with Crippen LogP contribution in [0.3, 0.4) is 0 Å². The first-order valence-electron chi connectivity index (χ1n) is 9.30. The maximum absolute atomic E-state index is 13.0. The second kappa shape index (κ2) is 7.72. The summed E-state index contributed by atoms with van der Waals surface area (Å²) in [4.78, 5) is 17.4. The standard InChI is InChI=1S/C21H25N3OS/c22-19-4-1-5-20-18(19)3-2-10-24(20)21(25)17-8-6-16(7-9-17)15-23-11-13-26-14-12-23/h1,4-9H,2-3,10-15,22H2. The van der Waals surface area contributed by atoms with Crippen LogP contribution in [-0.2, 0) is 13.0 Å². The van der Waals surface area contributed by atoms with E-state index in [1.54, 1.807) is 0 Å². The van der Waals surface area contributed by atoms with Gasteiger partial charge in [-0.15, -0.1) is 0 Å². The zero-order valence-corrected chi connectivity index (χ0v) is 15.8. The Labute approximate surface area is 159 Å². The lowest BCUT2D eigenvalue weighted by Crippen LogP contribution is -2.35. The molecule has 2 aliphatic rings. The van der Waals surface area contributed by atoms with Gasteiger partial charge < -0.3 is 10.6 Å². The van der Waals surface area contributed by atoms with Crippen LogP contribution in [0.25, 0.3) is 0 Å². The van der Waals surface area contributed by atoms with Crippen molar-refractivity contribution in [1.82, 2.24) is 4.90 Å². The van der Waals surface area contributed by atoms with Gasteiger partial charge in [-0.3, -0.25) is 9.69 Å². The second-order valence-corrected chi connectivity index (χ2v) is 8.22. The Morgan fingerprint density at radius 1 is 1.04 bits per heavy atom. The molecule has 2 aromatic rings. The molecule has 1 saturated heterocycles. The molecule has 2 N–H and O–H groups in total. The van der Waals surface area contributed by atoms with Crippen LogP contribution < -0.4 is 10.6 Å². The lowest BCUT2D eigenvalue weighted by Gasteiger charge is -2.30. The van der Waals surface area contributed by atoms with Crippen molar-refractivity contribution < 1.29 is 4.79 Å². The molecule has 0 saturated carbocycles. The summed E-state index contributed by atoms with van der Waals surface area (Å²) >= 11 is 2.03. The van der Waals surface area contributed by atoms with Crippen molar-refractivity contribution in [3.63, 3.8) is 0 Å². The number of nitrogen functional groups attached to an aromatic ring is 1. The fourth-order valence-corrected chi connectivity index (χ4v) is 4.77. The highest BCUT2D eigenvalue weighted by Crippen LogP contribution is 2.32. The van der Waals surface area contributed by atoms with E-state index in [9.17, 15) is 4.79 Å². The van der Waals surface area contributed by atoms with Gasteiger partial charge in [0.25, 0.3) is 5.91 Å². The monoisotopic (exact) mass is 367 g/mol. The summed E-state index contributed by atoms with van der Waals surface area (Å²) in [5.41, 5.74) is 11.0. The first-order valence-corrected chi connectivity index (χ1v) is 10.5. The van der Waals surface area contributed by atoms with E-state index in [1.165, 1.54) is 17.1 Å². The van der Waals surface area contributed by atoms with Crippen LogP contribution >= 0.6 is 11.8 Å². The summed E-state index contributed by atoms with van der Waals surface area (Å²) in [5, 5.41) is 0. The van der Waals surface area contributed by atoms with E-state index in [1.807, 2.05) is 47.0 Å². The van der Waals surface area contributed by atoms with Crippen molar-refractivity contribution in [2.45, 2.75) is 19.4 Å². The van der Waals surface area contributed by atoms with Gasteiger partial charge in [-0.1, -0.05) is 18.2 Å². The minimum Gasteiger partial charge on any atom is -0.398 e. The highest BCUT2D eigenvalue weighted by molar-refractivity contribution is 7.99. The van der Waals surface area contributed by atoms with Crippen LogP contribution in [0.2, 0.25) is 0 Å². The number of hydrogen-bond donors (Lipinski definition) is 1. The smallest absolute Gasteiger partial charge is 0.258 e. The Bertz CT molecular complexity index is 784. The van der Waals surface area contributed by atoms with Crippen molar-refractivity contribution in [3.05, 3.63) is 59.2 Å².